The molecule has 1 amide bonds. The predicted molar refractivity (Wildman–Crippen MR) is 94.1 cm³/mol. The number of nitrogens with zero attached hydrogens (tertiary/aromatic N) is 3. The Hall–Kier alpha value is -2.95. The van der Waals surface area contributed by atoms with Crippen LogP contribution in [0.2, 0.25) is 0 Å². The molecule has 1 aliphatic heterocycles. The zero-order chi connectivity index (χ0) is 17.1. The average Bonchev–Trinajstić information content (AvgIpc) is 3.19. The van der Waals surface area contributed by atoms with Crippen LogP contribution >= 0.6 is 0 Å². The normalized spacial score (nSPS) is 17.4. The highest BCUT2D eigenvalue weighted by atomic mass is 16.3. The lowest BCUT2D eigenvalue weighted by molar-refractivity contribution is 0.0701. The maximum atomic E-state index is 12.8. The van der Waals surface area contributed by atoms with Gasteiger partial charge in [-0.15, -0.1) is 0 Å². The van der Waals surface area contributed by atoms with E-state index in [1.165, 1.54) is 11.8 Å². The van der Waals surface area contributed by atoms with Gasteiger partial charge in [-0.25, -0.2) is 4.98 Å². The van der Waals surface area contributed by atoms with Crippen molar-refractivity contribution in [1.82, 2.24) is 14.9 Å². The lowest BCUT2D eigenvalue weighted by atomic mass is 9.91. The van der Waals surface area contributed by atoms with Crippen molar-refractivity contribution in [2.45, 2.75) is 18.8 Å². The highest BCUT2D eigenvalue weighted by molar-refractivity contribution is 5.92. The molecular weight excluding hydrogens is 314 g/mol. The van der Waals surface area contributed by atoms with Gasteiger partial charge < -0.3 is 9.32 Å². The predicted octanol–water partition coefficient (Wildman–Crippen LogP) is 3.76. The second-order valence-electron chi connectivity index (χ2n) is 6.27. The number of aromatic nitrogens is 2. The number of likely N-dealkylation sites (tertiary alicyclic amines) is 1. The molecule has 2 aromatic heterocycles. The fourth-order valence-corrected chi connectivity index (χ4v) is 3.32. The van der Waals surface area contributed by atoms with Gasteiger partial charge in [0.15, 0.2) is 5.69 Å². The molecule has 5 nitrogen and oxygen atoms in total. The summed E-state index contributed by atoms with van der Waals surface area (Å²) in [6.07, 6.45) is 7.14. The Balaban J connectivity index is 1.50. The van der Waals surface area contributed by atoms with Gasteiger partial charge in [0.2, 0.25) is 5.89 Å². The molecule has 1 unspecified atom stereocenters. The second-order valence-corrected chi connectivity index (χ2v) is 6.27. The second kappa shape index (κ2) is 6.89. The third-order valence-corrected chi connectivity index (χ3v) is 4.63. The number of oxazole rings is 1. The quantitative estimate of drug-likeness (QED) is 0.732. The molecule has 0 saturated carbocycles. The molecule has 0 N–H and O–H groups in total. The first kappa shape index (κ1) is 15.6. The van der Waals surface area contributed by atoms with Crippen LogP contribution in [0.25, 0.3) is 11.5 Å². The molecule has 0 aliphatic carbocycles. The van der Waals surface area contributed by atoms with E-state index in [-0.39, 0.29) is 5.91 Å². The van der Waals surface area contributed by atoms with Gasteiger partial charge in [-0.1, -0.05) is 18.2 Å². The van der Waals surface area contributed by atoms with Gasteiger partial charge in [0.1, 0.15) is 6.26 Å². The van der Waals surface area contributed by atoms with Crippen LogP contribution in [0.4, 0.5) is 0 Å². The van der Waals surface area contributed by atoms with Gasteiger partial charge in [-0.3, -0.25) is 9.78 Å². The monoisotopic (exact) mass is 333 g/mol. The van der Waals surface area contributed by atoms with E-state index in [2.05, 4.69) is 9.97 Å². The number of carbonyl (C=O) groups is 1. The number of benzene rings is 1. The number of carbonyl (C=O) groups excluding carboxylic acids is 1. The van der Waals surface area contributed by atoms with Crippen molar-refractivity contribution < 1.29 is 9.21 Å². The van der Waals surface area contributed by atoms with Crippen molar-refractivity contribution in [2.75, 3.05) is 13.1 Å². The van der Waals surface area contributed by atoms with Gasteiger partial charge >= 0.3 is 0 Å². The average molecular weight is 333 g/mol. The van der Waals surface area contributed by atoms with Crippen LogP contribution in [0.5, 0.6) is 0 Å². The lowest BCUT2D eigenvalue weighted by Crippen LogP contribution is -2.39. The van der Waals surface area contributed by atoms with E-state index >= 15 is 0 Å². The van der Waals surface area contributed by atoms with Crippen LogP contribution in [0.3, 0.4) is 0 Å². The summed E-state index contributed by atoms with van der Waals surface area (Å²) in [7, 11) is 0. The van der Waals surface area contributed by atoms with Crippen LogP contribution < -0.4 is 0 Å². The summed E-state index contributed by atoms with van der Waals surface area (Å²) in [5.74, 6) is 0.762. The van der Waals surface area contributed by atoms with Crippen LogP contribution in [-0.4, -0.2) is 33.9 Å². The molecule has 3 aromatic rings. The standard InChI is InChI=1S/C20H19N3O2/c24-20(18-14-25-19(22-18)16-5-2-1-3-6-16)23-12-4-7-17(13-23)15-8-10-21-11-9-15/h1-3,5-6,8-11,14,17H,4,7,12-13H2. The first-order chi connectivity index (χ1) is 12.3. The topological polar surface area (TPSA) is 59.2 Å². The third kappa shape index (κ3) is 3.31. The van der Waals surface area contributed by atoms with E-state index in [9.17, 15) is 4.79 Å². The number of amides is 1. The van der Waals surface area contributed by atoms with Crippen molar-refractivity contribution in [3.8, 4) is 11.5 Å². The third-order valence-electron chi connectivity index (χ3n) is 4.63. The molecule has 0 spiro atoms. The minimum absolute atomic E-state index is 0.0651. The number of hydrogen-bond donors (Lipinski definition) is 0. The van der Waals surface area contributed by atoms with Crippen molar-refractivity contribution in [2.24, 2.45) is 0 Å². The van der Waals surface area contributed by atoms with Gasteiger partial charge in [-0.2, -0.15) is 0 Å². The number of pyridine rings is 1. The smallest absolute Gasteiger partial charge is 0.275 e. The Morgan fingerprint density at radius 1 is 1.12 bits per heavy atom. The molecule has 3 heterocycles. The molecule has 1 aromatic carbocycles. The Morgan fingerprint density at radius 3 is 2.72 bits per heavy atom. The van der Waals surface area contributed by atoms with Crippen molar-refractivity contribution in [1.29, 1.82) is 0 Å². The van der Waals surface area contributed by atoms with Gasteiger partial charge in [0, 0.05) is 37.0 Å². The first-order valence-electron chi connectivity index (χ1n) is 8.51. The van der Waals surface area contributed by atoms with Crippen LogP contribution in [0, 0.1) is 0 Å². The summed E-state index contributed by atoms with van der Waals surface area (Å²) in [6.45, 7) is 1.46. The Labute approximate surface area is 146 Å². The highest BCUT2D eigenvalue weighted by Crippen LogP contribution is 2.27. The first-order valence-corrected chi connectivity index (χ1v) is 8.51. The molecule has 1 fully saturated rings. The van der Waals surface area contributed by atoms with Gasteiger partial charge in [0.05, 0.1) is 0 Å². The van der Waals surface area contributed by atoms with Crippen LogP contribution in [0.1, 0.15) is 34.8 Å². The van der Waals surface area contributed by atoms with Crippen molar-refractivity contribution >= 4 is 5.91 Å². The maximum absolute atomic E-state index is 12.8. The summed E-state index contributed by atoms with van der Waals surface area (Å²) in [5.41, 5.74) is 2.47. The minimum atomic E-state index is -0.0651. The van der Waals surface area contributed by atoms with Gasteiger partial charge in [0.25, 0.3) is 5.91 Å². The fourth-order valence-electron chi connectivity index (χ4n) is 3.32. The Bertz CT molecular complexity index is 846. The van der Waals surface area contributed by atoms with Crippen LogP contribution in [-0.2, 0) is 0 Å². The molecule has 1 saturated heterocycles. The largest absolute Gasteiger partial charge is 0.444 e. The SMILES string of the molecule is O=C(c1coc(-c2ccccc2)n1)N1CCCC(c2ccncc2)C1. The highest BCUT2D eigenvalue weighted by Gasteiger charge is 2.27. The molecule has 0 radical (unpaired) electrons. The van der Waals surface area contributed by atoms with E-state index in [1.807, 2.05) is 47.4 Å². The lowest BCUT2D eigenvalue weighted by Gasteiger charge is -2.32. The summed E-state index contributed by atoms with van der Waals surface area (Å²) < 4.78 is 5.51. The molecule has 0 bridgehead atoms. The van der Waals surface area contributed by atoms with E-state index < -0.39 is 0 Å². The molecule has 25 heavy (non-hydrogen) atoms. The summed E-state index contributed by atoms with van der Waals surface area (Å²) >= 11 is 0. The molecular formula is C20H19N3O2. The van der Waals surface area contributed by atoms with E-state index in [0.717, 1.165) is 24.9 Å². The summed E-state index contributed by atoms with van der Waals surface area (Å²) in [6, 6.07) is 13.7. The molecule has 5 heteroatoms. The molecule has 1 aliphatic rings. The van der Waals surface area contributed by atoms with Gasteiger partial charge in [-0.05, 0) is 42.7 Å². The molecule has 4 rings (SSSR count). The number of hydrogen-bond acceptors (Lipinski definition) is 4. The van der Waals surface area contributed by atoms with E-state index in [1.54, 1.807) is 12.4 Å². The number of piperidine rings is 1. The minimum Gasteiger partial charge on any atom is -0.444 e. The summed E-state index contributed by atoms with van der Waals surface area (Å²) in [4.78, 5) is 23.1. The van der Waals surface area contributed by atoms with Crippen LogP contribution in [0.15, 0.2) is 65.5 Å². The number of rotatable bonds is 3. The zero-order valence-corrected chi connectivity index (χ0v) is 13.8. The Kier molecular flexibility index (Phi) is 4.29. The van der Waals surface area contributed by atoms with E-state index in [4.69, 9.17) is 4.42 Å². The van der Waals surface area contributed by atoms with Crippen molar-refractivity contribution in [3.05, 3.63) is 72.4 Å². The molecule has 1 atom stereocenters. The van der Waals surface area contributed by atoms with Crippen molar-refractivity contribution in [3.63, 3.8) is 0 Å². The summed E-state index contributed by atoms with van der Waals surface area (Å²) in [5, 5.41) is 0. The Morgan fingerprint density at radius 2 is 1.92 bits per heavy atom. The van der Waals surface area contributed by atoms with E-state index in [0.29, 0.717) is 24.0 Å². The maximum Gasteiger partial charge on any atom is 0.275 e. The zero-order valence-electron chi connectivity index (χ0n) is 13.8. The molecule has 126 valence electrons. The fraction of sp³-hybridized carbons (Fsp3) is 0.250.